The molecule has 1 aliphatic rings. The zero-order valence-electron chi connectivity index (χ0n) is 15.9. The molecule has 1 saturated heterocycles. The molecule has 1 aromatic carbocycles. The van der Waals surface area contributed by atoms with Crippen molar-refractivity contribution in [1.29, 1.82) is 0 Å². The van der Waals surface area contributed by atoms with Gasteiger partial charge in [-0.1, -0.05) is 26.0 Å². The van der Waals surface area contributed by atoms with Gasteiger partial charge in [-0.25, -0.2) is 0 Å². The highest BCUT2D eigenvalue weighted by molar-refractivity contribution is 14.0. The summed E-state index contributed by atoms with van der Waals surface area (Å²) in [6, 6.07) is 8.80. The Balaban J connectivity index is 0.00000312. The first-order valence-electron chi connectivity index (χ1n) is 8.96. The van der Waals surface area contributed by atoms with Crippen LogP contribution in [0.2, 0.25) is 0 Å². The molecule has 5 nitrogen and oxygen atoms in total. The van der Waals surface area contributed by atoms with E-state index in [-0.39, 0.29) is 24.0 Å². The molecule has 1 heterocycles. The number of rotatable bonds is 7. The van der Waals surface area contributed by atoms with Crippen molar-refractivity contribution in [3.05, 3.63) is 29.8 Å². The number of hydrogen-bond acceptors (Lipinski definition) is 3. The standard InChI is InChI=1S/C19H32N4O.HI/c1-15(2)13-21-19(20-3)22-14-18(23-11-5-6-12-23)16-7-9-17(24-4)10-8-16;/h7-10,15,18H,5-6,11-14H2,1-4H3,(H2,20,21,22);1H. The minimum absolute atomic E-state index is 0. The Bertz CT molecular complexity index is 513. The van der Waals surface area contributed by atoms with Crippen molar-refractivity contribution in [2.75, 3.05) is 40.3 Å². The predicted octanol–water partition coefficient (Wildman–Crippen LogP) is 3.27. The summed E-state index contributed by atoms with van der Waals surface area (Å²) in [6.45, 7) is 8.50. The minimum atomic E-state index is 0. The first-order valence-corrected chi connectivity index (χ1v) is 8.96. The summed E-state index contributed by atoms with van der Waals surface area (Å²) in [6.07, 6.45) is 2.57. The van der Waals surface area contributed by atoms with Gasteiger partial charge in [-0.2, -0.15) is 0 Å². The topological polar surface area (TPSA) is 48.9 Å². The van der Waals surface area contributed by atoms with Crippen LogP contribution in [0.3, 0.4) is 0 Å². The van der Waals surface area contributed by atoms with Crippen LogP contribution in [0.25, 0.3) is 0 Å². The smallest absolute Gasteiger partial charge is 0.191 e. The molecular formula is C19H33IN4O. The van der Waals surface area contributed by atoms with Crippen LogP contribution in [0, 0.1) is 5.92 Å². The number of nitrogens with zero attached hydrogens (tertiary/aromatic N) is 2. The van der Waals surface area contributed by atoms with Gasteiger partial charge in [0.05, 0.1) is 13.2 Å². The van der Waals surface area contributed by atoms with Gasteiger partial charge in [0.1, 0.15) is 5.75 Å². The number of halogens is 1. The Labute approximate surface area is 169 Å². The molecule has 0 aliphatic carbocycles. The predicted molar refractivity (Wildman–Crippen MR) is 116 cm³/mol. The molecule has 6 heteroatoms. The maximum absolute atomic E-state index is 5.29. The van der Waals surface area contributed by atoms with Crippen LogP contribution in [0.4, 0.5) is 0 Å². The van der Waals surface area contributed by atoms with Crippen LogP contribution in [0.1, 0.15) is 38.3 Å². The zero-order chi connectivity index (χ0) is 17.4. The van der Waals surface area contributed by atoms with Gasteiger partial charge >= 0.3 is 0 Å². The number of likely N-dealkylation sites (tertiary alicyclic amines) is 1. The number of nitrogens with one attached hydrogen (secondary N) is 2. The molecule has 1 aliphatic heterocycles. The van der Waals surface area contributed by atoms with E-state index in [0.717, 1.165) is 37.9 Å². The monoisotopic (exact) mass is 460 g/mol. The van der Waals surface area contributed by atoms with Crippen molar-refractivity contribution >= 4 is 29.9 Å². The van der Waals surface area contributed by atoms with E-state index in [0.29, 0.717) is 12.0 Å². The highest BCUT2D eigenvalue weighted by Gasteiger charge is 2.23. The van der Waals surface area contributed by atoms with Crippen LogP contribution in [-0.2, 0) is 0 Å². The molecule has 0 radical (unpaired) electrons. The summed E-state index contributed by atoms with van der Waals surface area (Å²) in [5.74, 6) is 2.38. The second-order valence-electron chi connectivity index (χ2n) is 6.76. The Morgan fingerprint density at radius 3 is 2.24 bits per heavy atom. The first-order chi connectivity index (χ1) is 11.6. The minimum Gasteiger partial charge on any atom is -0.497 e. The van der Waals surface area contributed by atoms with Gasteiger partial charge in [0.2, 0.25) is 0 Å². The molecular weight excluding hydrogens is 427 g/mol. The van der Waals surface area contributed by atoms with E-state index in [4.69, 9.17) is 4.74 Å². The number of aliphatic imine (C=N–C) groups is 1. The lowest BCUT2D eigenvalue weighted by molar-refractivity contribution is 0.245. The Morgan fingerprint density at radius 1 is 1.12 bits per heavy atom. The second kappa shape index (κ2) is 11.6. The van der Waals surface area contributed by atoms with Crippen LogP contribution in [0.5, 0.6) is 5.75 Å². The van der Waals surface area contributed by atoms with E-state index in [1.165, 1.54) is 18.4 Å². The molecule has 1 fully saturated rings. The Morgan fingerprint density at radius 2 is 1.72 bits per heavy atom. The SMILES string of the molecule is CN=C(NCC(C)C)NCC(c1ccc(OC)cc1)N1CCCC1.I. The molecule has 0 aromatic heterocycles. The fourth-order valence-corrected chi connectivity index (χ4v) is 3.05. The highest BCUT2D eigenvalue weighted by atomic mass is 127. The number of guanidine groups is 1. The highest BCUT2D eigenvalue weighted by Crippen LogP contribution is 2.26. The molecule has 2 N–H and O–H groups in total. The molecule has 0 saturated carbocycles. The van der Waals surface area contributed by atoms with Crippen LogP contribution >= 0.6 is 24.0 Å². The summed E-state index contributed by atoms with van der Waals surface area (Å²) in [7, 11) is 3.53. The van der Waals surface area contributed by atoms with Gasteiger partial charge in [-0.05, 0) is 49.5 Å². The Kier molecular flexibility index (Phi) is 10.2. The van der Waals surface area contributed by atoms with Gasteiger partial charge in [0, 0.05) is 20.1 Å². The molecule has 0 amide bonds. The number of methoxy groups -OCH3 is 1. The van der Waals surface area contributed by atoms with Crippen molar-refractivity contribution in [3.63, 3.8) is 0 Å². The van der Waals surface area contributed by atoms with Crippen LogP contribution in [-0.4, -0.2) is 51.2 Å². The van der Waals surface area contributed by atoms with Gasteiger partial charge in [0.15, 0.2) is 5.96 Å². The van der Waals surface area contributed by atoms with E-state index in [9.17, 15) is 0 Å². The van der Waals surface area contributed by atoms with E-state index < -0.39 is 0 Å². The molecule has 0 bridgehead atoms. The molecule has 25 heavy (non-hydrogen) atoms. The second-order valence-corrected chi connectivity index (χ2v) is 6.76. The molecule has 0 spiro atoms. The normalized spacial score (nSPS) is 16.4. The number of ether oxygens (including phenoxy) is 1. The van der Waals surface area contributed by atoms with E-state index in [1.807, 2.05) is 19.2 Å². The fourth-order valence-electron chi connectivity index (χ4n) is 3.05. The summed E-state index contributed by atoms with van der Waals surface area (Å²) in [5.41, 5.74) is 1.32. The summed E-state index contributed by atoms with van der Waals surface area (Å²) < 4.78 is 5.29. The average Bonchev–Trinajstić information content (AvgIpc) is 3.12. The molecule has 2 rings (SSSR count). The van der Waals surface area contributed by atoms with Crippen LogP contribution in [0.15, 0.2) is 29.3 Å². The van der Waals surface area contributed by atoms with Gasteiger partial charge in [0.25, 0.3) is 0 Å². The third-order valence-electron chi connectivity index (χ3n) is 4.45. The lowest BCUT2D eigenvalue weighted by atomic mass is 10.1. The summed E-state index contributed by atoms with van der Waals surface area (Å²) in [4.78, 5) is 6.90. The van der Waals surface area contributed by atoms with Crippen molar-refractivity contribution in [3.8, 4) is 5.75 Å². The van der Waals surface area contributed by atoms with Crippen molar-refractivity contribution in [2.24, 2.45) is 10.9 Å². The number of benzene rings is 1. The maximum Gasteiger partial charge on any atom is 0.191 e. The molecule has 1 atom stereocenters. The largest absolute Gasteiger partial charge is 0.497 e. The quantitative estimate of drug-likeness (QED) is 0.373. The van der Waals surface area contributed by atoms with Crippen molar-refractivity contribution in [2.45, 2.75) is 32.7 Å². The maximum atomic E-state index is 5.29. The van der Waals surface area contributed by atoms with Gasteiger partial charge in [-0.15, -0.1) is 24.0 Å². The lowest BCUT2D eigenvalue weighted by Crippen LogP contribution is -2.43. The third-order valence-corrected chi connectivity index (χ3v) is 4.45. The van der Waals surface area contributed by atoms with Crippen LogP contribution < -0.4 is 15.4 Å². The van der Waals surface area contributed by atoms with Gasteiger partial charge in [-0.3, -0.25) is 9.89 Å². The third kappa shape index (κ3) is 7.01. The molecule has 1 unspecified atom stereocenters. The van der Waals surface area contributed by atoms with Crippen molar-refractivity contribution in [1.82, 2.24) is 15.5 Å². The van der Waals surface area contributed by atoms with Crippen molar-refractivity contribution < 1.29 is 4.74 Å². The molecule has 142 valence electrons. The molecule has 1 aromatic rings. The van der Waals surface area contributed by atoms with E-state index in [2.05, 4.69) is 46.5 Å². The van der Waals surface area contributed by atoms with E-state index in [1.54, 1.807) is 7.11 Å². The Hall–Kier alpha value is -1.02. The summed E-state index contributed by atoms with van der Waals surface area (Å²) >= 11 is 0. The number of hydrogen-bond donors (Lipinski definition) is 2. The first kappa shape index (κ1) is 22.0. The zero-order valence-corrected chi connectivity index (χ0v) is 18.2. The summed E-state index contributed by atoms with van der Waals surface area (Å²) in [5, 5.41) is 6.88. The van der Waals surface area contributed by atoms with E-state index >= 15 is 0 Å². The fraction of sp³-hybridized carbons (Fsp3) is 0.632. The lowest BCUT2D eigenvalue weighted by Gasteiger charge is -2.29. The van der Waals surface area contributed by atoms with Gasteiger partial charge < -0.3 is 15.4 Å². The average molecular weight is 460 g/mol.